The van der Waals surface area contributed by atoms with Crippen molar-refractivity contribution in [2.24, 2.45) is 17.3 Å². The molecule has 0 aromatic carbocycles. The van der Waals surface area contributed by atoms with E-state index in [1.165, 1.54) is 0 Å². The topological polar surface area (TPSA) is 114 Å². The Kier molecular flexibility index (Phi) is 10.8. The Morgan fingerprint density at radius 2 is 1.85 bits per heavy atom. The fourth-order valence-electron chi connectivity index (χ4n) is 4.13. The SMILES string of the molecule is C#CC[C@H](NC(=O)[C@@H]1CCCN(C(=O)CCC2CCNCC2)C1)C(=O)OCOC(=O)C(C)(C)C. The number of rotatable bonds is 9. The normalized spacial score (nSPS) is 20.1. The minimum atomic E-state index is -1.04. The van der Waals surface area contributed by atoms with Gasteiger partial charge in [0, 0.05) is 25.9 Å². The number of terminal acetylenes is 1. The molecule has 0 aromatic heterocycles. The van der Waals surface area contributed by atoms with Gasteiger partial charge in [-0.1, -0.05) is 0 Å². The van der Waals surface area contributed by atoms with E-state index in [1.54, 1.807) is 25.7 Å². The number of piperidine rings is 2. The number of likely N-dealkylation sites (tertiary alicyclic amines) is 1. The minimum absolute atomic E-state index is 0.0522. The Hall–Kier alpha value is -2.60. The van der Waals surface area contributed by atoms with Crippen LogP contribution in [0, 0.1) is 29.6 Å². The van der Waals surface area contributed by atoms with Crippen LogP contribution in [0.1, 0.15) is 65.7 Å². The second kappa shape index (κ2) is 13.3. The summed E-state index contributed by atoms with van der Waals surface area (Å²) in [5.41, 5.74) is -0.725. The highest BCUT2D eigenvalue weighted by Crippen LogP contribution is 2.22. The van der Waals surface area contributed by atoms with Crippen LogP contribution >= 0.6 is 0 Å². The van der Waals surface area contributed by atoms with Crippen LogP contribution in [-0.4, -0.2) is 67.7 Å². The van der Waals surface area contributed by atoms with Crippen molar-refractivity contribution in [1.82, 2.24) is 15.5 Å². The molecule has 34 heavy (non-hydrogen) atoms. The molecule has 2 N–H and O–H groups in total. The van der Waals surface area contributed by atoms with Crippen LogP contribution in [0.3, 0.4) is 0 Å². The quantitative estimate of drug-likeness (QED) is 0.295. The molecule has 0 radical (unpaired) electrons. The van der Waals surface area contributed by atoms with Crippen molar-refractivity contribution in [1.29, 1.82) is 0 Å². The number of nitrogens with one attached hydrogen (secondary N) is 2. The molecule has 2 aliphatic heterocycles. The first-order valence-corrected chi connectivity index (χ1v) is 12.2. The fourth-order valence-corrected chi connectivity index (χ4v) is 4.13. The van der Waals surface area contributed by atoms with Gasteiger partial charge in [-0.05, 0) is 71.9 Å². The largest absolute Gasteiger partial charge is 0.427 e. The zero-order chi connectivity index (χ0) is 25.1. The van der Waals surface area contributed by atoms with Gasteiger partial charge in [0.25, 0.3) is 0 Å². The maximum atomic E-state index is 12.9. The van der Waals surface area contributed by atoms with Crippen LogP contribution in [0.2, 0.25) is 0 Å². The first-order chi connectivity index (χ1) is 16.1. The summed E-state index contributed by atoms with van der Waals surface area (Å²) < 4.78 is 9.94. The number of hydrogen-bond donors (Lipinski definition) is 2. The van der Waals surface area contributed by atoms with Crippen molar-refractivity contribution in [3.05, 3.63) is 0 Å². The lowest BCUT2D eigenvalue weighted by atomic mass is 9.92. The van der Waals surface area contributed by atoms with Crippen molar-refractivity contribution < 1.29 is 28.7 Å². The third kappa shape index (κ3) is 8.98. The summed E-state index contributed by atoms with van der Waals surface area (Å²) in [7, 11) is 0. The van der Waals surface area contributed by atoms with Crippen LogP contribution in [0.25, 0.3) is 0 Å². The molecule has 9 heteroatoms. The lowest BCUT2D eigenvalue weighted by molar-refractivity contribution is -0.174. The number of carbonyl (C=O) groups is 4. The number of ether oxygens (including phenoxy) is 2. The molecule has 2 rings (SSSR count). The van der Waals surface area contributed by atoms with E-state index in [0.29, 0.717) is 31.8 Å². The summed E-state index contributed by atoms with van der Waals surface area (Å²) >= 11 is 0. The van der Waals surface area contributed by atoms with Crippen molar-refractivity contribution in [3.8, 4) is 12.3 Å². The van der Waals surface area contributed by atoms with E-state index in [4.69, 9.17) is 15.9 Å². The van der Waals surface area contributed by atoms with Gasteiger partial charge >= 0.3 is 11.9 Å². The molecule has 0 bridgehead atoms. The van der Waals surface area contributed by atoms with E-state index in [9.17, 15) is 19.2 Å². The lowest BCUT2D eigenvalue weighted by Crippen LogP contribution is -2.49. The summed E-state index contributed by atoms with van der Waals surface area (Å²) in [6, 6.07) is -1.04. The van der Waals surface area contributed by atoms with Crippen LogP contribution in [-0.2, 0) is 28.7 Å². The number of nitrogens with zero attached hydrogens (tertiary/aromatic N) is 1. The number of amides is 2. The van der Waals surface area contributed by atoms with Crippen LogP contribution in [0.15, 0.2) is 0 Å². The Bertz CT molecular complexity index is 764. The van der Waals surface area contributed by atoms with Crippen molar-refractivity contribution in [2.75, 3.05) is 33.0 Å². The molecule has 0 aliphatic carbocycles. The molecule has 2 atom stereocenters. The maximum Gasteiger partial charge on any atom is 0.332 e. The monoisotopic (exact) mass is 477 g/mol. The standard InChI is InChI=1S/C25H39N3O6/c1-5-7-20(23(31)33-17-34-24(32)25(2,3)4)27-22(30)19-8-6-15-28(16-19)21(29)10-9-18-11-13-26-14-12-18/h1,18-20,26H,6-17H2,2-4H3,(H,27,30)/t19-,20+/m1/s1. The van der Waals surface area contributed by atoms with Crippen molar-refractivity contribution in [2.45, 2.75) is 71.8 Å². The molecule has 9 nitrogen and oxygen atoms in total. The maximum absolute atomic E-state index is 12.9. The van der Waals surface area contributed by atoms with Gasteiger partial charge in [-0.3, -0.25) is 14.4 Å². The molecule has 2 fully saturated rings. The fraction of sp³-hybridized carbons (Fsp3) is 0.760. The summed E-state index contributed by atoms with van der Waals surface area (Å²) in [6.07, 6.45) is 10.2. The summed E-state index contributed by atoms with van der Waals surface area (Å²) in [6.45, 7) is 7.49. The summed E-state index contributed by atoms with van der Waals surface area (Å²) in [4.78, 5) is 51.5. The van der Waals surface area contributed by atoms with E-state index in [-0.39, 0.29) is 18.2 Å². The molecule has 2 heterocycles. The van der Waals surface area contributed by atoms with Gasteiger partial charge < -0.3 is 25.0 Å². The third-order valence-electron chi connectivity index (χ3n) is 6.30. The molecule has 2 aliphatic rings. The second-order valence-corrected chi connectivity index (χ2v) is 10.1. The van der Waals surface area contributed by atoms with Crippen molar-refractivity contribution >= 4 is 23.8 Å². The molecule has 2 saturated heterocycles. The second-order valence-electron chi connectivity index (χ2n) is 10.1. The third-order valence-corrected chi connectivity index (χ3v) is 6.30. The van der Waals surface area contributed by atoms with Gasteiger partial charge in [0.2, 0.25) is 18.6 Å². The average molecular weight is 478 g/mol. The van der Waals surface area contributed by atoms with Gasteiger partial charge in [-0.2, -0.15) is 0 Å². The Morgan fingerprint density at radius 1 is 1.15 bits per heavy atom. The van der Waals surface area contributed by atoms with Gasteiger partial charge in [-0.25, -0.2) is 4.79 Å². The first-order valence-electron chi connectivity index (χ1n) is 12.2. The van der Waals surface area contributed by atoms with E-state index >= 15 is 0 Å². The molecular formula is C25H39N3O6. The number of carbonyl (C=O) groups excluding carboxylic acids is 4. The average Bonchev–Trinajstić information content (AvgIpc) is 2.82. The van der Waals surface area contributed by atoms with Crippen molar-refractivity contribution in [3.63, 3.8) is 0 Å². The highest BCUT2D eigenvalue weighted by Gasteiger charge is 2.32. The van der Waals surface area contributed by atoms with E-state index in [2.05, 4.69) is 16.6 Å². The van der Waals surface area contributed by atoms with E-state index in [0.717, 1.165) is 38.8 Å². The van der Waals surface area contributed by atoms with Gasteiger partial charge in [-0.15, -0.1) is 12.3 Å². The number of hydrogen-bond acceptors (Lipinski definition) is 7. The lowest BCUT2D eigenvalue weighted by Gasteiger charge is -2.33. The zero-order valence-electron chi connectivity index (χ0n) is 20.7. The van der Waals surface area contributed by atoms with E-state index < -0.39 is 36.1 Å². The van der Waals surface area contributed by atoms with Crippen LogP contribution in [0.5, 0.6) is 0 Å². The van der Waals surface area contributed by atoms with Gasteiger partial charge in [0.15, 0.2) is 0 Å². The molecular weight excluding hydrogens is 438 g/mol. The Balaban J connectivity index is 1.82. The molecule has 2 amide bonds. The zero-order valence-corrected chi connectivity index (χ0v) is 20.7. The summed E-state index contributed by atoms with van der Waals surface area (Å²) in [5, 5.41) is 5.99. The highest BCUT2D eigenvalue weighted by atomic mass is 16.7. The molecule has 190 valence electrons. The van der Waals surface area contributed by atoms with E-state index in [1.807, 2.05) is 0 Å². The van der Waals surface area contributed by atoms with Gasteiger partial charge in [0.1, 0.15) is 6.04 Å². The molecule has 0 spiro atoms. The number of esters is 2. The molecule has 0 saturated carbocycles. The molecule has 0 aromatic rings. The van der Waals surface area contributed by atoms with Crippen LogP contribution in [0.4, 0.5) is 0 Å². The predicted molar refractivity (Wildman–Crippen MR) is 126 cm³/mol. The molecule has 0 unspecified atom stereocenters. The Morgan fingerprint density at radius 3 is 2.50 bits per heavy atom. The predicted octanol–water partition coefficient (Wildman–Crippen LogP) is 1.60. The summed E-state index contributed by atoms with van der Waals surface area (Å²) in [5.74, 6) is 0.998. The van der Waals surface area contributed by atoms with Gasteiger partial charge in [0.05, 0.1) is 11.3 Å². The smallest absolute Gasteiger partial charge is 0.332 e. The Labute approximate surface area is 202 Å². The highest BCUT2D eigenvalue weighted by molar-refractivity contribution is 5.87. The first kappa shape index (κ1) is 27.6. The van der Waals surface area contributed by atoms with Crippen LogP contribution < -0.4 is 10.6 Å². The minimum Gasteiger partial charge on any atom is -0.427 e.